The Morgan fingerprint density at radius 2 is 1.96 bits per heavy atom. The highest BCUT2D eigenvalue weighted by Gasteiger charge is 2.24. The number of ether oxygens (including phenoxy) is 1. The Hall–Kier alpha value is -2.05. The largest absolute Gasteiger partial charge is 0.378 e. The molecule has 4 rings (SSSR count). The number of rotatable bonds is 2. The van der Waals surface area contributed by atoms with Gasteiger partial charge in [0, 0.05) is 25.2 Å². The van der Waals surface area contributed by atoms with Crippen molar-refractivity contribution in [3.05, 3.63) is 41.3 Å². The van der Waals surface area contributed by atoms with Gasteiger partial charge in [0.15, 0.2) is 5.82 Å². The number of halogens is 1. The molecule has 5 nitrogen and oxygen atoms in total. The highest BCUT2D eigenvalue weighted by atomic mass is 19.1. The van der Waals surface area contributed by atoms with Gasteiger partial charge in [-0.15, -0.1) is 0 Å². The minimum atomic E-state index is -0.288. The molecule has 0 atom stereocenters. The second-order valence-electron chi connectivity index (χ2n) is 5.80. The maximum absolute atomic E-state index is 14.2. The van der Waals surface area contributed by atoms with Crippen molar-refractivity contribution in [3.8, 4) is 11.4 Å². The molecule has 2 aliphatic heterocycles. The van der Waals surface area contributed by atoms with Gasteiger partial charge in [0.05, 0.1) is 24.5 Å². The number of morpholine rings is 1. The summed E-state index contributed by atoms with van der Waals surface area (Å²) in [5.74, 6) is 1.12. The van der Waals surface area contributed by atoms with Crippen LogP contribution in [0.1, 0.15) is 11.3 Å². The summed E-state index contributed by atoms with van der Waals surface area (Å²) in [7, 11) is 0. The van der Waals surface area contributed by atoms with E-state index in [9.17, 15) is 4.39 Å². The lowest BCUT2D eigenvalue weighted by Gasteiger charge is -2.31. The topological polar surface area (TPSA) is 50.3 Å². The summed E-state index contributed by atoms with van der Waals surface area (Å²) in [6.45, 7) is 4.66. The summed E-state index contributed by atoms with van der Waals surface area (Å²) >= 11 is 0. The van der Waals surface area contributed by atoms with Gasteiger partial charge in [-0.1, -0.05) is 12.1 Å². The van der Waals surface area contributed by atoms with Gasteiger partial charge in [0.2, 0.25) is 0 Å². The average molecular weight is 314 g/mol. The Balaban J connectivity index is 1.83. The maximum Gasteiger partial charge on any atom is 0.164 e. The molecule has 0 radical (unpaired) electrons. The van der Waals surface area contributed by atoms with Gasteiger partial charge in [-0.2, -0.15) is 0 Å². The van der Waals surface area contributed by atoms with E-state index in [1.807, 2.05) is 6.07 Å². The van der Waals surface area contributed by atoms with Crippen LogP contribution in [0.2, 0.25) is 0 Å². The molecule has 6 heteroatoms. The fourth-order valence-electron chi connectivity index (χ4n) is 3.14. The predicted octanol–water partition coefficient (Wildman–Crippen LogP) is 1.77. The van der Waals surface area contributed by atoms with E-state index in [0.29, 0.717) is 31.1 Å². The predicted molar refractivity (Wildman–Crippen MR) is 85.9 cm³/mol. The van der Waals surface area contributed by atoms with Crippen molar-refractivity contribution in [2.45, 2.75) is 13.0 Å². The molecule has 0 unspecified atom stereocenters. The summed E-state index contributed by atoms with van der Waals surface area (Å²) in [5, 5.41) is 3.34. The Morgan fingerprint density at radius 3 is 2.78 bits per heavy atom. The summed E-state index contributed by atoms with van der Waals surface area (Å²) in [4.78, 5) is 11.6. The van der Waals surface area contributed by atoms with E-state index in [4.69, 9.17) is 9.72 Å². The van der Waals surface area contributed by atoms with Crippen LogP contribution in [0.15, 0.2) is 24.3 Å². The Bertz CT molecular complexity index is 716. The van der Waals surface area contributed by atoms with E-state index in [2.05, 4.69) is 15.2 Å². The second kappa shape index (κ2) is 6.22. The molecule has 3 heterocycles. The Labute approximate surface area is 134 Å². The third kappa shape index (κ3) is 2.80. The van der Waals surface area contributed by atoms with Crippen LogP contribution in [0.25, 0.3) is 11.4 Å². The van der Waals surface area contributed by atoms with Crippen LogP contribution in [-0.4, -0.2) is 42.8 Å². The van der Waals surface area contributed by atoms with Crippen LogP contribution in [0.3, 0.4) is 0 Å². The lowest BCUT2D eigenvalue weighted by molar-refractivity contribution is 0.122. The number of anilines is 1. The molecule has 0 saturated carbocycles. The van der Waals surface area contributed by atoms with E-state index in [1.54, 1.807) is 12.1 Å². The van der Waals surface area contributed by atoms with Gasteiger partial charge in [-0.3, -0.25) is 0 Å². The second-order valence-corrected chi connectivity index (χ2v) is 5.80. The van der Waals surface area contributed by atoms with Crippen LogP contribution in [0.4, 0.5) is 10.2 Å². The number of nitrogens with one attached hydrogen (secondary N) is 1. The van der Waals surface area contributed by atoms with Gasteiger partial charge in [0.25, 0.3) is 0 Å². The highest BCUT2D eigenvalue weighted by Crippen LogP contribution is 2.29. The molecule has 2 aliphatic rings. The van der Waals surface area contributed by atoms with E-state index < -0.39 is 0 Å². The van der Waals surface area contributed by atoms with E-state index >= 15 is 0 Å². The summed E-state index contributed by atoms with van der Waals surface area (Å²) in [5.41, 5.74) is 2.62. The van der Waals surface area contributed by atoms with Gasteiger partial charge in [0.1, 0.15) is 11.6 Å². The van der Waals surface area contributed by atoms with Crippen LogP contribution in [-0.2, 0) is 17.7 Å². The molecule has 1 fully saturated rings. The van der Waals surface area contributed by atoms with Crippen molar-refractivity contribution in [3.63, 3.8) is 0 Å². The molecule has 1 saturated heterocycles. The van der Waals surface area contributed by atoms with Crippen molar-refractivity contribution >= 4 is 5.82 Å². The van der Waals surface area contributed by atoms with Crippen molar-refractivity contribution in [1.82, 2.24) is 15.3 Å². The smallest absolute Gasteiger partial charge is 0.164 e. The fourth-order valence-corrected chi connectivity index (χ4v) is 3.14. The minimum absolute atomic E-state index is 0.288. The lowest BCUT2D eigenvalue weighted by Crippen LogP contribution is -2.39. The molecule has 1 aromatic carbocycles. The first-order chi connectivity index (χ1) is 11.3. The van der Waals surface area contributed by atoms with Gasteiger partial charge >= 0.3 is 0 Å². The molecule has 1 aromatic heterocycles. The normalized spacial score (nSPS) is 17.9. The van der Waals surface area contributed by atoms with Crippen molar-refractivity contribution in [2.24, 2.45) is 0 Å². The van der Waals surface area contributed by atoms with Crippen molar-refractivity contribution in [2.75, 3.05) is 37.7 Å². The summed E-state index contributed by atoms with van der Waals surface area (Å²) in [6.07, 6.45) is 0.902. The van der Waals surface area contributed by atoms with Crippen LogP contribution in [0.5, 0.6) is 0 Å². The molecular weight excluding hydrogens is 295 g/mol. The van der Waals surface area contributed by atoms with Gasteiger partial charge in [-0.25, -0.2) is 14.4 Å². The standard InChI is InChI=1S/C17H19FN4O/c18-14-4-2-1-3-12(14)16-20-15-11-19-6-5-13(15)17(21-16)22-7-9-23-10-8-22/h1-4,19H,5-11H2. The van der Waals surface area contributed by atoms with Crippen molar-refractivity contribution in [1.29, 1.82) is 0 Å². The van der Waals surface area contributed by atoms with E-state index in [1.165, 1.54) is 11.6 Å². The molecule has 0 amide bonds. The Kier molecular flexibility index (Phi) is 3.93. The zero-order chi connectivity index (χ0) is 15.6. The maximum atomic E-state index is 14.2. The monoisotopic (exact) mass is 314 g/mol. The first-order valence-electron chi connectivity index (χ1n) is 8.01. The zero-order valence-electron chi connectivity index (χ0n) is 12.9. The quantitative estimate of drug-likeness (QED) is 0.915. The number of fused-ring (bicyclic) bond motifs is 1. The van der Waals surface area contributed by atoms with Crippen LogP contribution < -0.4 is 10.2 Å². The van der Waals surface area contributed by atoms with Crippen LogP contribution >= 0.6 is 0 Å². The van der Waals surface area contributed by atoms with E-state index in [-0.39, 0.29) is 5.82 Å². The number of benzene rings is 1. The lowest BCUT2D eigenvalue weighted by atomic mass is 10.1. The van der Waals surface area contributed by atoms with Crippen LogP contribution in [0, 0.1) is 5.82 Å². The van der Waals surface area contributed by atoms with Crippen molar-refractivity contribution < 1.29 is 9.13 Å². The van der Waals surface area contributed by atoms with Gasteiger partial charge in [-0.05, 0) is 25.1 Å². The highest BCUT2D eigenvalue weighted by molar-refractivity contribution is 5.61. The molecule has 120 valence electrons. The number of nitrogens with zero attached hydrogens (tertiary/aromatic N) is 3. The minimum Gasteiger partial charge on any atom is -0.378 e. The average Bonchev–Trinajstić information content (AvgIpc) is 2.62. The first kappa shape index (κ1) is 14.5. The summed E-state index contributed by atoms with van der Waals surface area (Å²) in [6, 6.07) is 6.68. The van der Waals surface area contributed by atoms with E-state index in [0.717, 1.165) is 37.6 Å². The third-order valence-electron chi connectivity index (χ3n) is 4.34. The zero-order valence-corrected chi connectivity index (χ0v) is 12.9. The number of hydrogen-bond acceptors (Lipinski definition) is 5. The number of aromatic nitrogens is 2. The summed E-state index contributed by atoms with van der Waals surface area (Å²) < 4.78 is 19.6. The molecule has 0 bridgehead atoms. The molecule has 2 aromatic rings. The SMILES string of the molecule is Fc1ccccc1-c1nc2c(c(N3CCOCC3)n1)CCNC2. The molecule has 0 spiro atoms. The Morgan fingerprint density at radius 1 is 1.13 bits per heavy atom. The first-order valence-corrected chi connectivity index (χ1v) is 8.01. The fraction of sp³-hybridized carbons (Fsp3) is 0.412. The number of hydrogen-bond donors (Lipinski definition) is 1. The molecule has 23 heavy (non-hydrogen) atoms. The van der Waals surface area contributed by atoms with Gasteiger partial charge < -0.3 is 15.0 Å². The molecular formula is C17H19FN4O. The molecule has 1 N–H and O–H groups in total. The third-order valence-corrected chi connectivity index (χ3v) is 4.34. The molecule has 0 aliphatic carbocycles.